The third-order valence-electron chi connectivity index (χ3n) is 2.13. The summed E-state index contributed by atoms with van der Waals surface area (Å²) in [6.45, 7) is 1.65. The second-order valence-electron chi connectivity index (χ2n) is 3.17. The van der Waals surface area contributed by atoms with Gasteiger partial charge < -0.3 is 4.74 Å². The number of ether oxygens (including phenoxy) is 1. The highest BCUT2D eigenvalue weighted by atomic mass is 19.1. The van der Waals surface area contributed by atoms with Crippen molar-refractivity contribution in [3.63, 3.8) is 0 Å². The van der Waals surface area contributed by atoms with Crippen LogP contribution in [0.15, 0.2) is 12.1 Å². The van der Waals surface area contributed by atoms with Gasteiger partial charge in [-0.3, -0.25) is 9.59 Å². The van der Waals surface area contributed by atoms with E-state index in [1.165, 1.54) is 13.2 Å². The molecule has 0 fully saturated rings. The molecule has 0 radical (unpaired) electrons. The number of aryl methyl sites for hydroxylation is 1. The van der Waals surface area contributed by atoms with Gasteiger partial charge in [0.25, 0.3) is 0 Å². The molecule has 0 bridgehead atoms. The number of halogens is 1. The zero-order chi connectivity index (χ0) is 11.4. The van der Waals surface area contributed by atoms with Gasteiger partial charge in [-0.2, -0.15) is 0 Å². The number of hydrogen-bond donors (Lipinski definition) is 0. The maximum Gasteiger partial charge on any atom is 0.310 e. The second-order valence-corrected chi connectivity index (χ2v) is 3.17. The Morgan fingerprint density at radius 1 is 1.53 bits per heavy atom. The Morgan fingerprint density at radius 3 is 2.67 bits per heavy atom. The van der Waals surface area contributed by atoms with E-state index < -0.39 is 11.8 Å². The van der Waals surface area contributed by atoms with Crippen LogP contribution in [0.3, 0.4) is 0 Å². The quantitative estimate of drug-likeness (QED) is 0.563. The maximum absolute atomic E-state index is 13.4. The lowest BCUT2D eigenvalue weighted by atomic mass is 10.0. The molecule has 3 nitrogen and oxygen atoms in total. The number of hydrogen-bond acceptors (Lipinski definition) is 3. The first-order chi connectivity index (χ1) is 7.08. The summed E-state index contributed by atoms with van der Waals surface area (Å²) in [6, 6.07) is 2.65. The van der Waals surface area contributed by atoms with E-state index in [9.17, 15) is 14.0 Å². The first-order valence-electron chi connectivity index (χ1n) is 4.39. The van der Waals surface area contributed by atoms with E-state index in [1.807, 2.05) is 0 Å². The maximum atomic E-state index is 13.4. The van der Waals surface area contributed by atoms with E-state index in [1.54, 1.807) is 6.92 Å². The molecule has 4 heteroatoms. The van der Waals surface area contributed by atoms with E-state index in [2.05, 4.69) is 4.74 Å². The molecule has 1 aromatic rings. The van der Waals surface area contributed by atoms with Crippen LogP contribution in [0.2, 0.25) is 0 Å². The van der Waals surface area contributed by atoms with Crippen molar-refractivity contribution in [2.45, 2.75) is 13.3 Å². The highest BCUT2D eigenvalue weighted by Crippen LogP contribution is 2.16. The van der Waals surface area contributed by atoms with Gasteiger partial charge in [0.15, 0.2) is 0 Å². The van der Waals surface area contributed by atoms with Gasteiger partial charge in [-0.1, -0.05) is 0 Å². The first-order valence-corrected chi connectivity index (χ1v) is 4.39. The van der Waals surface area contributed by atoms with Gasteiger partial charge >= 0.3 is 5.97 Å². The van der Waals surface area contributed by atoms with Crippen molar-refractivity contribution in [2.24, 2.45) is 0 Å². The molecule has 1 aromatic carbocycles. The predicted octanol–water partition coefficient (Wildman–Crippen LogP) is 1.66. The molecule has 0 saturated heterocycles. The number of benzene rings is 1. The molecule has 0 aromatic heterocycles. The van der Waals surface area contributed by atoms with Crippen molar-refractivity contribution in [3.05, 3.63) is 34.6 Å². The summed E-state index contributed by atoms with van der Waals surface area (Å²) in [5.41, 5.74) is 1.11. The molecule has 0 heterocycles. The molecule has 1 rings (SSSR count). The minimum Gasteiger partial charge on any atom is -0.469 e. The summed E-state index contributed by atoms with van der Waals surface area (Å²) in [7, 11) is 1.25. The molecule has 0 aliphatic carbocycles. The molecule has 0 atom stereocenters. The number of carbonyl (C=O) groups excluding carboxylic acids is 2. The summed E-state index contributed by atoms with van der Waals surface area (Å²) < 4.78 is 17.9. The lowest BCUT2D eigenvalue weighted by molar-refractivity contribution is -0.139. The number of esters is 1. The Balaban J connectivity index is 3.08. The van der Waals surface area contributed by atoms with Gasteiger partial charge in [0.05, 0.1) is 13.5 Å². The third-order valence-corrected chi connectivity index (χ3v) is 2.13. The zero-order valence-corrected chi connectivity index (χ0v) is 8.54. The fourth-order valence-corrected chi connectivity index (χ4v) is 1.31. The molecule has 0 aliphatic heterocycles. The average molecular weight is 210 g/mol. The molecular weight excluding hydrogens is 199 g/mol. The molecule has 80 valence electrons. The van der Waals surface area contributed by atoms with E-state index in [0.29, 0.717) is 11.8 Å². The standard InChI is InChI=1S/C11H11FO3/c1-7-3-8(6-13)4-10(12)9(7)5-11(14)15-2/h3-4,6H,5H2,1-2H3. The molecule has 15 heavy (non-hydrogen) atoms. The summed E-state index contributed by atoms with van der Waals surface area (Å²) in [6.07, 6.45) is 0.450. The lowest BCUT2D eigenvalue weighted by Gasteiger charge is -2.06. The van der Waals surface area contributed by atoms with Gasteiger partial charge in [0.1, 0.15) is 12.1 Å². The fourth-order valence-electron chi connectivity index (χ4n) is 1.31. The van der Waals surface area contributed by atoms with E-state index in [4.69, 9.17) is 0 Å². The molecule has 0 aliphatic rings. The highest BCUT2D eigenvalue weighted by Gasteiger charge is 2.12. The Bertz CT molecular complexity index is 376. The Morgan fingerprint density at radius 2 is 2.20 bits per heavy atom. The highest BCUT2D eigenvalue weighted by molar-refractivity contribution is 5.77. The number of carbonyl (C=O) groups is 2. The van der Waals surface area contributed by atoms with Crippen LogP contribution < -0.4 is 0 Å². The van der Waals surface area contributed by atoms with E-state index in [0.717, 1.165) is 6.07 Å². The van der Waals surface area contributed by atoms with E-state index >= 15 is 0 Å². The third kappa shape index (κ3) is 2.62. The van der Waals surface area contributed by atoms with Gasteiger partial charge in [-0.25, -0.2) is 4.39 Å². The minimum atomic E-state index is -0.553. The van der Waals surface area contributed by atoms with Crippen LogP contribution in [0.25, 0.3) is 0 Å². The zero-order valence-electron chi connectivity index (χ0n) is 8.54. The molecule has 0 saturated carbocycles. The van der Waals surface area contributed by atoms with Crippen LogP contribution in [0, 0.1) is 12.7 Å². The van der Waals surface area contributed by atoms with Crippen LogP contribution in [0.5, 0.6) is 0 Å². The van der Waals surface area contributed by atoms with Crippen molar-refractivity contribution in [1.82, 2.24) is 0 Å². The van der Waals surface area contributed by atoms with Gasteiger partial charge in [0, 0.05) is 11.1 Å². The predicted molar refractivity (Wildman–Crippen MR) is 52.2 cm³/mol. The Labute approximate surface area is 86.9 Å². The summed E-state index contributed by atoms with van der Waals surface area (Å²) in [5, 5.41) is 0. The van der Waals surface area contributed by atoms with Crippen LogP contribution in [-0.2, 0) is 16.0 Å². The summed E-state index contributed by atoms with van der Waals surface area (Å²) in [5.74, 6) is -1.06. The van der Waals surface area contributed by atoms with Crippen LogP contribution in [-0.4, -0.2) is 19.4 Å². The van der Waals surface area contributed by atoms with Gasteiger partial charge in [-0.05, 0) is 24.6 Å². The van der Waals surface area contributed by atoms with Crippen molar-refractivity contribution in [2.75, 3.05) is 7.11 Å². The molecule has 0 N–H and O–H groups in total. The Hall–Kier alpha value is -1.71. The monoisotopic (exact) mass is 210 g/mol. The summed E-state index contributed by atoms with van der Waals surface area (Å²) in [4.78, 5) is 21.4. The first kappa shape index (κ1) is 11.4. The van der Waals surface area contributed by atoms with E-state index in [-0.39, 0.29) is 17.5 Å². The lowest BCUT2D eigenvalue weighted by Crippen LogP contribution is -2.08. The number of rotatable bonds is 3. The Kier molecular flexibility index (Phi) is 3.55. The number of methoxy groups -OCH3 is 1. The molecule has 0 spiro atoms. The average Bonchev–Trinajstić information content (AvgIpc) is 2.22. The van der Waals surface area contributed by atoms with Crippen LogP contribution in [0.4, 0.5) is 4.39 Å². The van der Waals surface area contributed by atoms with Gasteiger partial charge in [0.2, 0.25) is 0 Å². The smallest absolute Gasteiger partial charge is 0.310 e. The number of aldehydes is 1. The molecule has 0 unspecified atom stereocenters. The van der Waals surface area contributed by atoms with Gasteiger partial charge in [-0.15, -0.1) is 0 Å². The fraction of sp³-hybridized carbons (Fsp3) is 0.273. The summed E-state index contributed by atoms with van der Waals surface area (Å²) >= 11 is 0. The van der Waals surface area contributed by atoms with Crippen LogP contribution in [0.1, 0.15) is 21.5 Å². The largest absolute Gasteiger partial charge is 0.469 e. The normalized spacial score (nSPS) is 9.80. The molecule has 0 amide bonds. The minimum absolute atomic E-state index is 0.118. The molecular formula is C11H11FO3. The van der Waals surface area contributed by atoms with Crippen molar-refractivity contribution < 1.29 is 18.7 Å². The topological polar surface area (TPSA) is 43.4 Å². The SMILES string of the molecule is COC(=O)Cc1c(C)cc(C=O)cc1F. The second kappa shape index (κ2) is 4.68. The van der Waals surface area contributed by atoms with Crippen molar-refractivity contribution in [1.29, 1.82) is 0 Å². The van der Waals surface area contributed by atoms with Crippen molar-refractivity contribution >= 4 is 12.3 Å². The van der Waals surface area contributed by atoms with Crippen molar-refractivity contribution in [3.8, 4) is 0 Å². The van der Waals surface area contributed by atoms with Crippen LogP contribution >= 0.6 is 0 Å².